The monoisotopic (exact) mass is 680 g/mol. The molecule has 0 radical (unpaired) electrons. The van der Waals surface area contributed by atoms with Crippen molar-refractivity contribution in [1.29, 1.82) is 0 Å². The molecule has 1 N–H and O–H groups in total. The number of rotatable bonds is 18. The maximum atomic E-state index is 15.5. The Morgan fingerprint density at radius 2 is 1.48 bits per heavy atom. The lowest BCUT2D eigenvalue weighted by Crippen LogP contribution is -2.43. The molecule has 0 aromatic heterocycles. The van der Waals surface area contributed by atoms with Crippen LogP contribution in [0.2, 0.25) is 19.1 Å². The molecular formula is C39H50F2O6Si. The zero-order chi connectivity index (χ0) is 35.4. The summed E-state index contributed by atoms with van der Waals surface area (Å²) in [6.07, 6.45) is 4.11. The Kier molecular flexibility index (Phi) is 14.5. The molecule has 3 aromatic carbocycles. The van der Waals surface area contributed by atoms with Gasteiger partial charge in [0.2, 0.25) is 0 Å². The number of aliphatic hydroxyl groups is 1. The van der Waals surface area contributed by atoms with E-state index in [2.05, 4.69) is 26.6 Å². The average molecular weight is 681 g/mol. The molecule has 260 valence electrons. The summed E-state index contributed by atoms with van der Waals surface area (Å²) in [5.74, 6) is -2.40. The average Bonchev–Trinajstić information content (AvgIpc) is 3.06. The number of benzene rings is 3. The van der Waals surface area contributed by atoms with Crippen molar-refractivity contribution in [2.75, 3.05) is 13.2 Å². The van der Waals surface area contributed by atoms with Gasteiger partial charge in [0.1, 0.15) is 19.0 Å². The quantitative estimate of drug-likeness (QED) is 0.0626. The second-order valence-corrected chi connectivity index (χ2v) is 18.0. The molecule has 0 saturated heterocycles. The molecule has 0 aliphatic carbocycles. The van der Waals surface area contributed by atoms with Gasteiger partial charge < -0.3 is 19.3 Å². The molecule has 48 heavy (non-hydrogen) atoms. The van der Waals surface area contributed by atoms with Gasteiger partial charge in [-0.2, -0.15) is 0 Å². The van der Waals surface area contributed by atoms with Gasteiger partial charge >= 0.3 is 11.9 Å². The Morgan fingerprint density at radius 1 is 0.854 bits per heavy atom. The maximum absolute atomic E-state index is 15.5. The van der Waals surface area contributed by atoms with Crippen molar-refractivity contribution in [3.8, 4) is 28.0 Å². The van der Waals surface area contributed by atoms with Gasteiger partial charge in [0, 0.05) is 28.9 Å². The SMILES string of the molecule is C=C(C)C(=O)OCc1cc(-c2ccc(-c3ccc([Si](C)(C)CCCC)c(F)c3F)cc2)cc(COC(=O)C(C)C)c1OCCCCCO. The first kappa shape index (κ1) is 38.6. The van der Waals surface area contributed by atoms with Gasteiger partial charge in [-0.15, -0.1) is 0 Å². The van der Waals surface area contributed by atoms with Gasteiger partial charge in [-0.3, -0.25) is 4.79 Å². The molecule has 0 bridgehead atoms. The highest BCUT2D eigenvalue weighted by molar-refractivity contribution is 6.89. The normalized spacial score (nSPS) is 11.5. The number of carbonyl (C=O) groups is 2. The second-order valence-electron chi connectivity index (χ2n) is 13.2. The smallest absolute Gasteiger partial charge is 0.333 e. The van der Waals surface area contributed by atoms with Crippen LogP contribution in [0.3, 0.4) is 0 Å². The van der Waals surface area contributed by atoms with Crippen LogP contribution in [-0.2, 0) is 32.3 Å². The van der Waals surface area contributed by atoms with Crippen LogP contribution in [0, 0.1) is 17.6 Å². The zero-order valence-corrected chi connectivity index (χ0v) is 30.2. The first-order chi connectivity index (χ1) is 22.8. The van der Waals surface area contributed by atoms with Crippen LogP contribution in [-0.4, -0.2) is 38.3 Å². The van der Waals surface area contributed by atoms with Crippen molar-refractivity contribution < 1.29 is 37.7 Å². The predicted molar refractivity (Wildman–Crippen MR) is 190 cm³/mol. The van der Waals surface area contributed by atoms with E-state index in [1.165, 1.54) is 0 Å². The van der Waals surface area contributed by atoms with E-state index in [9.17, 15) is 9.59 Å². The van der Waals surface area contributed by atoms with Gasteiger partial charge in [0.15, 0.2) is 11.6 Å². The van der Waals surface area contributed by atoms with Crippen LogP contribution < -0.4 is 9.92 Å². The minimum absolute atomic E-state index is 0.0644. The lowest BCUT2D eigenvalue weighted by atomic mass is 9.96. The molecule has 0 aliphatic rings. The number of aliphatic hydroxyl groups excluding tert-OH is 1. The van der Waals surface area contributed by atoms with Crippen LogP contribution in [0.1, 0.15) is 70.9 Å². The molecule has 6 nitrogen and oxygen atoms in total. The number of carbonyl (C=O) groups excluding carboxylic acids is 2. The van der Waals surface area contributed by atoms with Crippen molar-refractivity contribution in [2.24, 2.45) is 5.92 Å². The summed E-state index contributed by atoms with van der Waals surface area (Å²) >= 11 is 0. The van der Waals surface area contributed by atoms with Gasteiger partial charge in [0.05, 0.1) is 20.6 Å². The zero-order valence-electron chi connectivity index (χ0n) is 29.2. The summed E-state index contributed by atoms with van der Waals surface area (Å²) in [4.78, 5) is 24.7. The Balaban J connectivity index is 2.03. The van der Waals surface area contributed by atoms with E-state index in [1.54, 1.807) is 45.0 Å². The number of esters is 2. The Morgan fingerprint density at radius 3 is 2.06 bits per heavy atom. The van der Waals surface area contributed by atoms with Crippen LogP contribution in [0.15, 0.2) is 60.7 Å². The number of hydrogen-bond acceptors (Lipinski definition) is 6. The highest BCUT2D eigenvalue weighted by atomic mass is 28.3. The third-order valence-corrected chi connectivity index (χ3v) is 11.8. The van der Waals surface area contributed by atoms with Crippen molar-refractivity contribution in [2.45, 2.75) is 92.2 Å². The van der Waals surface area contributed by atoms with Crippen molar-refractivity contribution in [3.63, 3.8) is 0 Å². The van der Waals surface area contributed by atoms with E-state index in [4.69, 9.17) is 19.3 Å². The highest BCUT2D eigenvalue weighted by Crippen LogP contribution is 2.35. The molecule has 3 aromatic rings. The van der Waals surface area contributed by atoms with Gasteiger partial charge in [-0.1, -0.05) is 95.7 Å². The summed E-state index contributed by atoms with van der Waals surface area (Å²) < 4.78 is 48.2. The highest BCUT2D eigenvalue weighted by Gasteiger charge is 2.29. The molecule has 0 aliphatic heterocycles. The minimum atomic E-state index is -2.13. The van der Waals surface area contributed by atoms with Crippen molar-refractivity contribution in [3.05, 3.63) is 83.4 Å². The minimum Gasteiger partial charge on any atom is -0.493 e. The lowest BCUT2D eigenvalue weighted by Gasteiger charge is -2.24. The van der Waals surface area contributed by atoms with E-state index in [0.717, 1.165) is 36.4 Å². The van der Waals surface area contributed by atoms with Gasteiger partial charge in [-0.25, -0.2) is 13.6 Å². The topological polar surface area (TPSA) is 82.1 Å². The number of ether oxygens (including phenoxy) is 3. The Bertz CT molecular complexity index is 1570. The molecule has 0 heterocycles. The molecule has 0 spiro atoms. The van der Waals surface area contributed by atoms with E-state index in [0.29, 0.717) is 47.1 Å². The fourth-order valence-electron chi connectivity index (χ4n) is 5.36. The van der Waals surface area contributed by atoms with Crippen molar-refractivity contribution >= 4 is 25.2 Å². The Labute approximate surface area is 285 Å². The van der Waals surface area contributed by atoms with E-state index in [-0.39, 0.29) is 42.8 Å². The number of unbranched alkanes of at least 4 members (excludes halogenated alkanes) is 3. The van der Waals surface area contributed by atoms with Crippen LogP contribution >= 0.6 is 0 Å². The molecular weight excluding hydrogens is 631 g/mol. The summed E-state index contributed by atoms with van der Waals surface area (Å²) in [5.41, 5.74) is 3.65. The van der Waals surface area contributed by atoms with Crippen LogP contribution in [0.25, 0.3) is 22.3 Å². The second kappa shape index (κ2) is 18.1. The third kappa shape index (κ3) is 10.3. The predicted octanol–water partition coefficient (Wildman–Crippen LogP) is 8.87. The Hall–Kier alpha value is -3.82. The molecule has 0 fully saturated rings. The molecule has 0 unspecified atom stereocenters. The summed E-state index contributed by atoms with van der Waals surface area (Å²) in [5, 5.41) is 9.65. The first-order valence-corrected chi connectivity index (χ1v) is 20.0. The summed E-state index contributed by atoms with van der Waals surface area (Å²) in [7, 11) is -2.13. The fourth-order valence-corrected chi connectivity index (χ4v) is 8.10. The third-order valence-electron chi connectivity index (χ3n) is 8.34. The summed E-state index contributed by atoms with van der Waals surface area (Å²) in [6.45, 7) is 15.2. The number of hydrogen-bond donors (Lipinski definition) is 1. The van der Waals surface area contributed by atoms with Crippen LogP contribution in [0.5, 0.6) is 5.75 Å². The van der Waals surface area contributed by atoms with Gasteiger partial charge in [-0.05, 0) is 60.2 Å². The molecule has 0 atom stereocenters. The van der Waals surface area contributed by atoms with Crippen LogP contribution in [0.4, 0.5) is 8.78 Å². The summed E-state index contributed by atoms with van der Waals surface area (Å²) in [6, 6.07) is 15.1. The lowest BCUT2D eigenvalue weighted by molar-refractivity contribution is -0.148. The maximum Gasteiger partial charge on any atom is 0.333 e. The molecule has 0 amide bonds. The van der Waals surface area contributed by atoms with E-state index in [1.807, 2.05) is 24.3 Å². The van der Waals surface area contributed by atoms with E-state index < -0.39 is 25.7 Å². The largest absolute Gasteiger partial charge is 0.493 e. The van der Waals surface area contributed by atoms with Gasteiger partial charge in [0.25, 0.3) is 0 Å². The van der Waals surface area contributed by atoms with E-state index >= 15 is 8.78 Å². The van der Waals surface area contributed by atoms with Crippen molar-refractivity contribution in [1.82, 2.24) is 0 Å². The number of halogens is 2. The molecule has 3 rings (SSSR count). The molecule has 9 heteroatoms. The fraction of sp³-hybridized carbons (Fsp3) is 0.436. The first-order valence-electron chi connectivity index (χ1n) is 16.8. The molecule has 0 saturated carbocycles. The standard InChI is InChI=1S/C39H50F2O6Si/c1-8-9-21-48(6,7)34-18-17-33(35(40)36(34)41)29-15-13-28(14-16-29)30-22-31(24-46-38(43)26(2)3)37(45-20-12-10-11-19-42)32(23-30)25-47-39(44)27(4)5/h13-18,22-23,27,42H,2,8-12,19-21,24-25H2,1,3-7H3.